The molecule has 24 heavy (non-hydrogen) atoms. The van der Waals surface area contributed by atoms with Gasteiger partial charge in [-0.15, -0.1) is 0 Å². The van der Waals surface area contributed by atoms with Crippen molar-refractivity contribution in [1.82, 2.24) is 10.3 Å². The summed E-state index contributed by atoms with van der Waals surface area (Å²) < 4.78 is 10.8. The fourth-order valence-electron chi connectivity index (χ4n) is 2.22. The van der Waals surface area contributed by atoms with E-state index in [9.17, 15) is 4.79 Å². The number of benzene rings is 2. The van der Waals surface area contributed by atoms with E-state index in [1.807, 2.05) is 61.5 Å². The second kappa shape index (κ2) is 7.46. The maximum absolute atomic E-state index is 12.1. The Balaban J connectivity index is 1.55. The summed E-state index contributed by atoms with van der Waals surface area (Å²) in [5, 5.41) is 2.84. The third-order valence-corrected chi connectivity index (χ3v) is 3.59. The number of rotatable bonds is 6. The lowest BCUT2D eigenvalue weighted by Crippen LogP contribution is -2.23. The molecular formula is C19H18N2O3. The molecule has 1 amide bonds. The molecule has 0 bridgehead atoms. The van der Waals surface area contributed by atoms with Crippen molar-refractivity contribution in [2.45, 2.75) is 20.1 Å². The van der Waals surface area contributed by atoms with Gasteiger partial charge >= 0.3 is 0 Å². The summed E-state index contributed by atoms with van der Waals surface area (Å²) in [4.78, 5) is 16.3. The van der Waals surface area contributed by atoms with Gasteiger partial charge in [0.25, 0.3) is 5.91 Å². The first-order valence-electron chi connectivity index (χ1n) is 7.67. The molecule has 0 saturated carbocycles. The Morgan fingerprint density at radius 2 is 1.88 bits per heavy atom. The lowest BCUT2D eigenvalue weighted by atomic mass is 10.1. The zero-order valence-corrected chi connectivity index (χ0v) is 13.4. The topological polar surface area (TPSA) is 64.4 Å². The monoisotopic (exact) mass is 322 g/mol. The van der Waals surface area contributed by atoms with Crippen LogP contribution in [-0.2, 0) is 13.2 Å². The fourth-order valence-corrected chi connectivity index (χ4v) is 2.22. The molecule has 122 valence electrons. The van der Waals surface area contributed by atoms with Crippen LogP contribution in [-0.4, -0.2) is 10.9 Å². The van der Waals surface area contributed by atoms with Crippen molar-refractivity contribution < 1.29 is 13.9 Å². The van der Waals surface area contributed by atoms with Crippen LogP contribution in [0.1, 0.15) is 27.5 Å². The third kappa shape index (κ3) is 4.01. The van der Waals surface area contributed by atoms with Crippen molar-refractivity contribution in [3.63, 3.8) is 0 Å². The van der Waals surface area contributed by atoms with Crippen LogP contribution in [0, 0.1) is 6.92 Å². The number of aromatic nitrogens is 1. The second-order valence-electron chi connectivity index (χ2n) is 5.34. The highest BCUT2D eigenvalue weighted by molar-refractivity contribution is 5.91. The van der Waals surface area contributed by atoms with Crippen LogP contribution < -0.4 is 10.1 Å². The fraction of sp³-hybridized carbons (Fsp3) is 0.158. The first kappa shape index (κ1) is 15.8. The number of carbonyl (C=O) groups excluding carboxylic acids is 1. The zero-order valence-electron chi connectivity index (χ0n) is 13.4. The highest BCUT2D eigenvalue weighted by atomic mass is 16.5. The van der Waals surface area contributed by atoms with Crippen molar-refractivity contribution >= 4 is 5.91 Å². The van der Waals surface area contributed by atoms with Gasteiger partial charge in [-0.3, -0.25) is 4.79 Å². The highest BCUT2D eigenvalue weighted by Gasteiger charge is 2.12. The van der Waals surface area contributed by atoms with Gasteiger partial charge in [-0.2, -0.15) is 0 Å². The standard InChI is InChI=1S/C19H18N2O3/c1-14-7-5-6-8-15(14)11-20-19(22)17-12-24-18(21-17)13-23-16-9-3-2-4-10-16/h2-10,12H,11,13H2,1H3,(H,20,22). The lowest BCUT2D eigenvalue weighted by Gasteiger charge is -2.06. The highest BCUT2D eigenvalue weighted by Crippen LogP contribution is 2.12. The Bertz CT molecular complexity index is 812. The van der Waals surface area contributed by atoms with Gasteiger partial charge in [-0.1, -0.05) is 42.5 Å². The molecule has 0 atom stereocenters. The van der Waals surface area contributed by atoms with Crippen LogP contribution in [0.5, 0.6) is 5.75 Å². The van der Waals surface area contributed by atoms with Crippen molar-refractivity contribution in [2.75, 3.05) is 0 Å². The quantitative estimate of drug-likeness (QED) is 0.754. The van der Waals surface area contributed by atoms with Crippen LogP contribution >= 0.6 is 0 Å². The summed E-state index contributed by atoms with van der Waals surface area (Å²) in [5.41, 5.74) is 2.45. The molecule has 5 nitrogen and oxygen atoms in total. The third-order valence-electron chi connectivity index (χ3n) is 3.59. The summed E-state index contributed by atoms with van der Waals surface area (Å²) in [6.45, 7) is 2.64. The van der Waals surface area contributed by atoms with E-state index in [0.29, 0.717) is 12.4 Å². The average molecular weight is 322 g/mol. The molecule has 0 aliphatic carbocycles. The number of aryl methyl sites for hydroxylation is 1. The minimum Gasteiger partial charge on any atom is -0.484 e. The number of nitrogens with zero attached hydrogens (tertiary/aromatic N) is 1. The lowest BCUT2D eigenvalue weighted by molar-refractivity contribution is 0.0946. The van der Waals surface area contributed by atoms with Gasteiger partial charge in [0.15, 0.2) is 12.3 Å². The van der Waals surface area contributed by atoms with E-state index >= 15 is 0 Å². The van der Waals surface area contributed by atoms with Gasteiger partial charge in [0.2, 0.25) is 5.89 Å². The van der Waals surface area contributed by atoms with Gasteiger partial charge in [-0.25, -0.2) is 4.98 Å². The Morgan fingerprint density at radius 3 is 2.67 bits per heavy atom. The number of oxazole rings is 1. The van der Waals surface area contributed by atoms with Crippen LogP contribution in [0.2, 0.25) is 0 Å². The van der Waals surface area contributed by atoms with Gasteiger partial charge in [0, 0.05) is 6.54 Å². The molecular weight excluding hydrogens is 304 g/mol. The number of para-hydroxylation sites is 1. The predicted octanol–water partition coefficient (Wildman–Crippen LogP) is 3.49. The molecule has 0 unspecified atom stereocenters. The molecule has 0 aliphatic heterocycles. The molecule has 3 aromatic rings. The molecule has 2 aromatic carbocycles. The first-order chi connectivity index (χ1) is 11.7. The Kier molecular flexibility index (Phi) is 4.91. The minimum absolute atomic E-state index is 0.176. The van der Waals surface area contributed by atoms with Gasteiger partial charge in [0.05, 0.1) is 0 Å². The van der Waals surface area contributed by atoms with E-state index in [2.05, 4.69) is 10.3 Å². The van der Waals surface area contributed by atoms with E-state index in [1.165, 1.54) is 6.26 Å². The van der Waals surface area contributed by atoms with Gasteiger partial charge < -0.3 is 14.5 Å². The predicted molar refractivity (Wildman–Crippen MR) is 89.6 cm³/mol. The van der Waals surface area contributed by atoms with Crippen LogP contribution in [0.15, 0.2) is 65.3 Å². The molecule has 0 aliphatic rings. The van der Waals surface area contributed by atoms with Gasteiger partial charge in [-0.05, 0) is 30.2 Å². The molecule has 3 rings (SSSR count). The summed E-state index contributed by atoms with van der Waals surface area (Å²) in [6.07, 6.45) is 1.34. The molecule has 1 N–H and O–H groups in total. The van der Waals surface area contributed by atoms with Crippen molar-refractivity contribution in [2.24, 2.45) is 0 Å². The minimum atomic E-state index is -0.270. The van der Waals surface area contributed by atoms with Gasteiger partial charge in [0.1, 0.15) is 12.0 Å². The zero-order chi connectivity index (χ0) is 16.8. The maximum atomic E-state index is 12.1. The summed E-state index contributed by atoms with van der Waals surface area (Å²) in [6, 6.07) is 17.3. The summed E-state index contributed by atoms with van der Waals surface area (Å²) >= 11 is 0. The number of nitrogens with one attached hydrogen (secondary N) is 1. The first-order valence-corrected chi connectivity index (χ1v) is 7.67. The Labute approximate surface area is 140 Å². The van der Waals surface area contributed by atoms with Crippen molar-refractivity contribution in [3.05, 3.63) is 83.6 Å². The van der Waals surface area contributed by atoms with E-state index < -0.39 is 0 Å². The van der Waals surface area contributed by atoms with Crippen LogP contribution in [0.3, 0.4) is 0 Å². The molecule has 5 heteroatoms. The molecule has 1 aromatic heterocycles. The average Bonchev–Trinajstić information content (AvgIpc) is 3.09. The normalized spacial score (nSPS) is 10.4. The largest absolute Gasteiger partial charge is 0.484 e. The molecule has 0 fully saturated rings. The van der Waals surface area contributed by atoms with Crippen LogP contribution in [0.4, 0.5) is 0 Å². The molecule has 1 heterocycles. The number of amides is 1. The SMILES string of the molecule is Cc1ccccc1CNC(=O)c1coc(COc2ccccc2)n1. The van der Waals surface area contributed by atoms with E-state index in [0.717, 1.165) is 16.9 Å². The molecule has 0 radical (unpaired) electrons. The summed E-state index contributed by atoms with van der Waals surface area (Å²) in [7, 11) is 0. The maximum Gasteiger partial charge on any atom is 0.273 e. The summed E-state index contributed by atoms with van der Waals surface area (Å²) in [5.74, 6) is 0.814. The van der Waals surface area contributed by atoms with Crippen molar-refractivity contribution in [3.8, 4) is 5.75 Å². The van der Waals surface area contributed by atoms with E-state index in [-0.39, 0.29) is 18.2 Å². The Morgan fingerprint density at radius 1 is 1.12 bits per heavy atom. The molecule has 0 spiro atoms. The smallest absolute Gasteiger partial charge is 0.273 e. The second-order valence-corrected chi connectivity index (χ2v) is 5.34. The van der Waals surface area contributed by atoms with Crippen LogP contribution in [0.25, 0.3) is 0 Å². The number of hydrogen-bond donors (Lipinski definition) is 1. The molecule has 0 saturated heterocycles. The number of carbonyl (C=O) groups is 1. The number of ether oxygens (including phenoxy) is 1. The van der Waals surface area contributed by atoms with Crippen molar-refractivity contribution in [1.29, 1.82) is 0 Å². The van der Waals surface area contributed by atoms with E-state index in [4.69, 9.17) is 9.15 Å². The number of hydrogen-bond acceptors (Lipinski definition) is 4. The van der Waals surface area contributed by atoms with E-state index in [1.54, 1.807) is 0 Å². The Hall–Kier alpha value is -3.08.